The molecule has 7 heteroatoms. The quantitative estimate of drug-likeness (QED) is 0.472. The number of nitrogens with zero attached hydrogens (tertiary/aromatic N) is 4. The number of hydrogen-bond acceptors (Lipinski definition) is 6. The Labute approximate surface area is 179 Å². The molecule has 152 valence electrons. The van der Waals surface area contributed by atoms with Crippen LogP contribution in [0.25, 0.3) is 0 Å². The van der Waals surface area contributed by atoms with Crippen molar-refractivity contribution in [2.24, 2.45) is 0 Å². The highest BCUT2D eigenvalue weighted by Gasteiger charge is 2.36. The fourth-order valence-electron chi connectivity index (χ4n) is 3.64. The maximum atomic E-state index is 13.0. The van der Waals surface area contributed by atoms with E-state index in [1.165, 1.54) is 18.2 Å². The van der Waals surface area contributed by atoms with Gasteiger partial charge in [-0.25, -0.2) is 9.97 Å². The van der Waals surface area contributed by atoms with Crippen LogP contribution in [0.5, 0.6) is 0 Å². The third kappa shape index (κ3) is 3.71. The highest BCUT2D eigenvalue weighted by Crippen LogP contribution is 2.27. The molecule has 7 nitrogen and oxygen atoms in total. The number of fused-ring (bicyclic) bond motifs is 1. The predicted octanol–water partition coefficient (Wildman–Crippen LogP) is 3.38. The minimum Gasteiger partial charge on any atom is -0.292 e. The molecule has 1 aliphatic heterocycles. The van der Waals surface area contributed by atoms with Gasteiger partial charge in [-0.2, -0.15) is 5.26 Å². The van der Waals surface area contributed by atoms with Crippen LogP contribution in [0.3, 0.4) is 0 Å². The minimum atomic E-state index is -1.20. The number of Topliss-reactive ketones (excluding diaryl/α,β-unsaturated/α-hetero) is 1. The van der Waals surface area contributed by atoms with Crippen LogP contribution in [0.2, 0.25) is 0 Å². The Balaban J connectivity index is 1.65. The molecule has 0 bridgehead atoms. The highest BCUT2D eigenvalue weighted by atomic mass is 16.2. The van der Waals surface area contributed by atoms with Gasteiger partial charge in [0.2, 0.25) is 0 Å². The van der Waals surface area contributed by atoms with Crippen molar-refractivity contribution in [1.29, 1.82) is 5.26 Å². The third-order valence-corrected chi connectivity index (χ3v) is 5.09. The van der Waals surface area contributed by atoms with Crippen LogP contribution in [-0.4, -0.2) is 32.5 Å². The van der Waals surface area contributed by atoms with Crippen LogP contribution < -0.4 is 0 Å². The lowest BCUT2D eigenvalue weighted by Crippen LogP contribution is -2.29. The molecule has 0 N–H and O–H groups in total. The second-order valence-corrected chi connectivity index (χ2v) is 7.38. The Bertz CT molecular complexity index is 1240. The van der Waals surface area contributed by atoms with Crippen molar-refractivity contribution in [3.8, 4) is 6.07 Å². The molecule has 2 heterocycles. The Hall–Kier alpha value is -4.18. The van der Waals surface area contributed by atoms with Gasteiger partial charge in [0.15, 0.2) is 17.5 Å². The van der Waals surface area contributed by atoms with Gasteiger partial charge in [0.25, 0.3) is 11.8 Å². The van der Waals surface area contributed by atoms with E-state index in [-0.39, 0.29) is 29.1 Å². The number of rotatable bonds is 5. The van der Waals surface area contributed by atoms with Gasteiger partial charge < -0.3 is 0 Å². The first-order valence-corrected chi connectivity index (χ1v) is 9.69. The number of amides is 2. The number of ketones is 1. The number of nitriles is 1. The molecule has 0 aliphatic carbocycles. The van der Waals surface area contributed by atoms with Crippen molar-refractivity contribution in [2.45, 2.75) is 26.3 Å². The summed E-state index contributed by atoms with van der Waals surface area (Å²) >= 11 is 0. The second-order valence-electron chi connectivity index (χ2n) is 7.38. The van der Waals surface area contributed by atoms with Crippen molar-refractivity contribution in [3.05, 3.63) is 94.1 Å². The van der Waals surface area contributed by atoms with Gasteiger partial charge in [-0.05, 0) is 37.6 Å². The minimum absolute atomic E-state index is 0.124. The van der Waals surface area contributed by atoms with Gasteiger partial charge in [0.05, 0.1) is 23.7 Å². The molecule has 0 saturated carbocycles. The fourth-order valence-corrected chi connectivity index (χ4v) is 3.64. The number of carbonyl (C=O) groups excluding carboxylic acids is 3. The highest BCUT2D eigenvalue weighted by molar-refractivity contribution is 6.22. The molecule has 1 unspecified atom stereocenters. The molecule has 4 rings (SSSR count). The van der Waals surface area contributed by atoms with Crippen LogP contribution in [0.4, 0.5) is 0 Å². The van der Waals surface area contributed by atoms with Crippen LogP contribution in [-0.2, 0) is 6.54 Å². The monoisotopic (exact) mass is 410 g/mol. The summed E-state index contributed by atoms with van der Waals surface area (Å²) < 4.78 is 0. The lowest BCUT2D eigenvalue weighted by molar-refractivity contribution is 0.0642. The molecule has 31 heavy (non-hydrogen) atoms. The van der Waals surface area contributed by atoms with E-state index in [9.17, 15) is 19.6 Å². The molecule has 0 radical (unpaired) electrons. The second kappa shape index (κ2) is 7.92. The largest absolute Gasteiger partial charge is 0.292 e. The first-order chi connectivity index (χ1) is 14.9. The summed E-state index contributed by atoms with van der Waals surface area (Å²) in [4.78, 5) is 48.3. The third-order valence-electron chi connectivity index (χ3n) is 5.09. The first-order valence-electron chi connectivity index (χ1n) is 9.69. The van der Waals surface area contributed by atoms with Gasteiger partial charge in [-0.1, -0.05) is 36.4 Å². The molecule has 2 aromatic carbocycles. The molecule has 1 aliphatic rings. The number of aryl methyl sites for hydroxylation is 2. The number of carbonyl (C=O) groups is 3. The molecule has 0 spiro atoms. The van der Waals surface area contributed by atoms with E-state index >= 15 is 0 Å². The van der Waals surface area contributed by atoms with E-state index in [1.807, 2.05) is 36.4 Å². The van der Waals surface area contributed by atoms with Crippen molar-refractivity contribution in [2.75, 3.05) is 0 Å². The Morgan fingerprint density at radius 2 is 1.61 bits per heavy atom. The maximum Gasteiger partial charge on any atom is 0.261 e. The Kier molecular flexibility index (Phi) is 5.14. The molecular formula is C24H18N4O3. The van der Waals surface area contributed by atoms with Gasteiger partial charge in [0, 0.05) is 17.0 Å². The zero-order chi connectivity index (χ0) is 22.1. The van der Waals surface area contributed by atoms with Crippen molar-refractivity contribution < 1.29 is 14.4 Å². The van der Waals surface area contributed by atoms with E-state index in [2.05, 4.69) is 9.97 Å². The number of benzene rings is 2. The van der Waals surface area contributed by atoms with Gasteiger partial charge in [-0.3, -0.25) is 19.3 Å². The predicted molar refractivity (Wildman–Crippen MR) is 111 cm³/mol. The standard InChI is InChI=1S/C24H18N4O3/c1-14-10-15(2)27-22(26-14)20(12-25)21(29)17-8-9-18-19(11-17)24(31)28(23(18)30)13-16-6-4-3-5-7-16/h3-11,20H,13H2,1-2H3. The molecule has 1 atom stereocenters. The van der Waals surface area contributed by atoms with Gasteiger partial charge >= 0.3 is 0 Å². The summed E-state index contributed by atoms with van der Waals surface area (Å²) in [5.41, 5.74) is 2.70. The topological polar surface area (TPSA) is 104 Å². The summed E-state index contributed by atoms with van der Waals surface area (Å²) in [5.74, 6) is -2.47. The van der Waals surface area contributed by atoms with Crippen LogP contribution in [0.1, 0.15) is 59.8 Å². The zero-order valence-electron chi connectivity index (χ0n) is 17.0. The first kappa shape index (κ1) is 20.1. The lowest BCUT2D eigenvalue weighted by atomic mass is 9.95. The molecule has 0 saturated heterocycles. The molecule has 1 aromatic heterocycles. The summed E-state index contributed by atoms with van der Waals surface area (Å²) in [6.45, 7) is 3.67. The molecule has 2 amide bonds. The fraction of sp³-hybridized carbons (Fsp3) is 0.167. The normalized spacial score (nSPS) is 13.6. The summed E-state index contributed by atoms with van der Waals surface area (Å²) in [5, 5.41) is 9.61. The average Bonchev–Trinajstić information content (AvgIpc) is 2.98. The lowest BCUT2D eigenvalue weighted by Gasteiger charge is -2.13. The SMILES string of the molecule is Cc1cc(C)nc(C(C#N)C(=O)c2ccc3c(c2)C(=O)N(Cc2ccccc2)C3=O)n1. The molecule has 3 aromatic rings. The van der Waals surface area contributed by atoms with Crippen LogP contribution >= 0.6 is 0 Å². The van der Waals surface area contributed by atoms with E-state index in [0.29, 0.717) is 11.4 Å². The van der Waals surface area contributed by atoms with Crippen molar-refractivity contribution >= 4 is 17.6 Å². The van der Waals surface area contributed by atoms with E-state index in [0.717, 1.165) is 10.5 Å². The molecular weight excluding hydrogens is 392 g/mol. The van der Waals surface area contributed by atoms with E-state index in [4.69, 9.17) is 0 Å². The number of hydrogen-bond donors (Lipinski definition) is 0. The number of imide groups is 1. The Morgan fingerprint density at radius 3 is 2.26 bits per heavy atom. The zero-order valence-corrected chi connectivity index (χ0v) is 17.0. The maximum absolute atomic E-state index is 13.0. The summed E-state index contributed by atoms with van der Waals surface area (Å²) in [6.07, 6.45) is 0. The number of aromatic nitrogens is 2. The van der Waals surface area contributed by atoms with Gasteiger partial charge in [-0.15, -0.1) is 0 Å². The van der Waals surface area contributed by atoms with Crippen LogP contribution in [0.15, 0.2) is 54.6 Å². The van der Waals surface area contributed by atoms with Crippen molar-refractivity contribution in [3.63, 3.8) is 0 Å². The summed E-state index contributed by atoms with van der Waals surface area (Å²) in [6, 6.07) is 17.2. The van der Waals surface area contributed by atoms with Gasteiger partial charge in [0.1, 0.15) is 0 Å². The Morgan fingerprint density at radius 1 is 0.968 bits per heavy atom. The van der Waals surface area contributed by atoms with E-state index < -0.39 is 23.5 Å². The smallest absolute Gasteiger partial charge is 0.261 e. The van der Waals surface area contributed by atoms with Crippen LogP contribution in [0, 0.1) is 25.2 Å². The van der Waals surface area contributed by atoms with E-state index in [1.54, 1.807) is 19.9 Å². The average molecular weight is 410 g/mol. The van der Waals surface area contributed by atoms with Crippen molar-refractivity contribution in [1.82, 2.24) is 14.9 Å². The summed E-state index contributed by atoms with van der Waals surface area (Å²) in [7, 11) is 0. The molecule has 0 fully saturated rings.